The second-order valence-corrected chi connectivity index (χ2v) is 4.20. The molecular weight excluding hydrogens is 208 g/mol. The third-order valence-corrected chi connectivity index (χ3v) is 3.03. The molecule has 2 N–H and O–H groups in total. The molecule has 0 aliphatic carbocycles. The van der Waals surface area contributed by atoms with Crippen LogP contribution in [0.2, 0.25) is 0 Å². The molecule has 0 atom stereocenters. The third kappa shape index (κ3) is 3.82. The molecule has 0 unspecified atom stereocenters. The molecule has 1 aromatic rings. The summed E-state index contributed by atoms with van der Waals surface area (Å²) in [5, 5.41) is 8.90. The molecule has 0 saturated heterocycles. The predicted molar refractivity (Wildman–Crippen MR) is 62.8 cm³/mol. The maximum Gasteiger partial charge on any atom is 0.100 e. The summed E-state index contributed by atoms with van der Waals surface area (Å²) in [6.45, 7) is 0.754. The number of benzene rings is 1. The summed E-state index contributed by atoms with van der Waals surface area (Å²) in [4.78, 5) is 0.989. The van der Waals surface area contributed by atoms with Gasteiger partial charge in [-0.2, -0.15) is 5.26 Å². The minimum atomic E-state index is 0.632. The van der Waals surface area contributed by atoms with Gasteiger partial charge in [0.25, 0.3) is 0 Å². The van der Waals surface area contributed by atoms with Crippen molar-refractivity contribution < 1.29 is 4.74 Å². The molecule has 0 amide bonds. The molecule has 0 spiro atoms. The van der Waals surface area contributed by atoms with Crippen molar-refractivity contribution in [1.29, 1.82) is 5.26 Å². The van der Waals surface area contributed by atoms with Gasteiger partial charge in [0, 0.05) is 30.1 Å². The molecule has 0 aromatic heterocycles. The highest BCUT2D eigenvalue weighted by atomic mass is 32.2. The van der Waals surface area contributed by atoms with E-state index in [1.807, 2.05) is 12.1 Å². The first-order valence-corrected chi connectivity index (χ1v) is 5.68. The predicted octanol–water partition coefficient (Wildman–Crippen LogP) is 2.27. The van der Waals surface area contributed by atoms with Gasteiger partial charge in [-0.05, 0) is 24.6 Å². The fraction of sp³-hybridized carbons (Fsp3) is 0.364. The third-order valence-electron chi connectivity index (χ3n) is 1.87. The van der Waals surface area contributed by atoms with Crippen molar-refractivity contribution in [2.45, 2.75) is 11.3 Å². The summed E-state index contributed by atoms with van der Waals surface area (Å²) in [5.41, 5.74) is 6.88. The highest BCUT2D eigenvalue weighted by Crippen LogP contribution is 2.24. The molecule has 3 nitrogen and oxygen atoms in total. The van der Waals surface area contributed by atoms with Gasteiger partial charge in [-0.1, -0.05) is 0 Å². The first-order valence-electron chi connectivity index (χ1n) is 4.69. The second kappa shape index (κ2) is 6.33. The van der Waals surface area contributed by atoms with Crippen LogP contribution < -0.4 is 5.73 Å². The molecule has 80 valence electrons. The first-order chi connectivity index (χ1) is 7.27. The minimum Gasteiger partial charge on any atom is -0.399 e. The molecule has 0 fully saturated rings. The van der Waals surface area contributed by atoms with E-state index < -0.39 is 0 Å². The van der Waals surface area contributed by atoms with Crippen LogP contribution in [0.1, 0.15) is 12.0 Å². The fourth-order valence-electron chi connectivity index (χ4n) is 1.15. The molecule has 0 saturated carbocycles. The number of hydrogen-bond donors (Lipinski definition) is 1. The molecule has 0 radical (unpaired) electrons. The van der Waals surface area contributed by atoms with Crippen LogP contribution in [0.25, 0.3) is 0 Å². The summed E-state index contributed by atoms with van der Waals surface area (Å²) in [6, 6.07) is 7.57. The van der Waals surface area contributed by atoms with Gasteiger partial charge in [0.05, 0.1) is 5.56 Å². The number of nitriles is 1. The van der Waals surface area contributed by atoms with E-state index in [0.717, 1.165) is 23.7 Å². The summed E-state index contributed by atoms with van der Waals surface area (Å²) < 4.78 is 4.96. The molecule has 1 aromatic carbocycles. The molecule has 0 bridgehead atoms. The minimum absolute atomic E-state index is 0.632. The van der Waals surface area contributed by atoms with E-state index in [1.165, 1.54) is 0 Å². The molecule has 4 heteroatoms. The van der Waals surface area contributed by atoms with Gasteiger partial charge >= 0.3 is 0 Å². The Hall–Kier alpha value is -1.18. The van der Waals surface area contributed by atoms with Crippen LogP contribution in [0.5, 0.6) is 0 Å². The Morgan fingerprint density at radius 2 is 2.33 bits per heavy atom. The number of nitrogens with zero attached hydrogens (tertiary/aromatic N) is 1. The van der Waals surface area contributed by atoms with Crippen LogP contribution in [-0.4, -0.2) is 19.5 Å². The number of nitrogens with two attached hydrogens (primary N) is 1. The summed E-state index contributed by atoms with van der Waals surface area (Å²) in [6.07, 6.45) is 0.983. The Morgan fingerprint density at radius 1 is 1.53 bits per heavy atom. The van der Waals surface area contributed by atoms with Crippen LogP contribution in [-0.2, 0) is 4.74 Å². The van der Waals surface area contributed by atoms with E-state index in [4.69, 9.17) is 15.7 Å². The van der Waals surface area contributed by atoms with E-state index >= 15 is 0 Å². The lowest BCUT2D eigenvalue weighted by molar-refractivity contribution is 0.200. The van der Waals surface area contributed by atoms with Crippen LogP contribution in [0, 0.1) is 11.3 Å². The van der Waals surface area contributed by atoms with Crippen molar-refractivity contribution >= 4 is 17.4 Å². The lowest BCUT2D eigenvalue weighted by Crippen LogP contribution is -1.92. The molecule has 15 heavy (non-hydrogen) atoms. The van der Waals surface area contributed by atoms with E-state index in [1.54, 1.807) is 24.9 Å². The fourth-order valence-corrected chi connectivity index (χ4v) is 2.05. The number of rotatable bonds is 5. The monoisotopic (exact) mass is 222 g/mol. The Labute approximate surface area is 94.2 Å². The number of ether oxygens (including phenoxy) is 1. The standard InChI is InChI=1S/C11H14N2OS/c1-14-5-2-6-15-11-4-3-10(13)7-9(11)8-12/h3-4,7H,2,5-6,13H2,1H3. The lowest BCUT2D eigenvalue weighted by atomic mass is 10.2. The number of nitrogen functional groups attached to an aromatic ring is 1. The van der Waals surface area contributed by atoms with Crippen LogP contribution in [0.4, 0.5) is 5.69 Å². The SMILES string of the molecule is COCCCSc1ccc(N)cc1C#N. The molecule has 0 aliphatic heterocycles. The Bertz CT molecular complexity index is 360. The Kier molecular flexibility index (Phi) is 5.02. The van der Waals surface area contributed by atoms with E-state index in [9.17, 15) is 0 Å². The highest BCUT2D eigenvalue weighted by Gasteiger charge is 2.02. The summed E-state index contributed by atoms with van der Waals surface area (Å²) >= 11 is 1.66. The quantitative estimate of drug-likeness (QED) is 0.471. The van der Waals surface area contributed by atoms with Gasteiger partial charge < -0.3 is 10.5 Å². The van der Waals surface area contributed by atoms with Gasteiger partial charge in [-0.3, -0.25) is 0 Å². The first kappa shape index (κ1) is 11.9. The summed E-state index contributed by atoms with van der Waals surface area (Å²) in [5.74, 6) is 0.951. The number of anilines is 1. The van der Waals surface area contributed by atoms with Crippen molar-refractivity contribution in [3.63, 3.8) is 0 Å². The van der Waals surface area contributed by atoms with E-state index in [2.05, 4.69) is 6.07 Å². The number of hydrogen-bond acceptors (Lipinski definition) is 4. The van der Waals surface area contributed by atoms with Gasteiger partial charge in [0.15, 0.2) is 0 Å². The van der Waals surface area contributed by atoms with Crippen molar-refractivity contribution in [2.75, 3.05) is 25.2 Å². The Morgan fingerprint density at radius 3 is 3.00 bits per heavy atom. The molecule has 1 rings (SSSR count). The number of thioether (sulfide) groups is 1. The lowest BCUT2D eigenvalue weighted by Gasteiger charge is -2.04. The molecule has 0 heterocycles. The Balaban J connectivity index is 2.57. The van der Waals surface area contributed by atoms with Gasteiger partial charge in [0.1, 0.15) is 6.07 Å². The smallest absolute Gasteiger partial charge is 0.100 e. The summed E-state index contributed by atoms with van der Waals surface area (Å²) in [7, 11) is 1.69. The van der Waals surface area contributed by atoms with Crippen LogP contribution in [0.3, 0.4) is 0 Å². The maximum absolute atomic E-state index is 8.90. The zero-order chi connectivity index (χ0) is 11.1. The second-order valence-electron chi connectivity index (χ2n) is 3.06. The van der Waals surface area contributed by atoms with Crippen molar-refractivity contribution in [3.8, 4) is 6.07 Å². The average Bonchev–Trinajstić information content (AvgIpc) is 2.26. The zero-order valence-electron chi connectivity index (χ0n) is 8.69. The van der Waals surface area contributed by atoms with Crippen molar-refractivity contribution in [2.24, 2.45) is 0 Å². The van der Waals surface area contributed by atoms with Gasteiger partial charge in [-0.15, -0.1) is 11.8 Å². The topological polar surface area (TPSA) is 59.0 Å². The van der Waals surface area contributed by atoms with Crippen LogP contribution >= 0.6 is 11.8 Å². The maximum atomic E-state index is 8.90. The van der Waals surface area contributed by atoms with Crippen molar-refractivity contribution in [1.82, 2.24) is 0 Å². The average molecular weight is 222 g/mol. The van der Waals surface area contributed by atoms with E-state index in [0.29, 0.717) is 11.3 Å². The molecule has 0 aliphatic rings. The largest absolute Gasteiger partial charge is 0.399 e. The van der Waals surface area contributed by atoms with E-state index in [-0.39, 0.29) is 0 Å². The highest BCUT2D eigenvalue weighted by molar-refractivity contribution is 7.99. The van der Waals surface area contributed by atoms with Crippen molar-refractivity contribution in [3.05, 3.63) is 23.8 Å². The van der Waals surface area contributed by atoms with Gasteiger partial charge in [0.2, 0.25) is 0 Å². The zero-order valence-corrected chi connectivity index (χ0v) is 9.51. The molecular formula is C11H14N2OS. The normalized spacial score (nSPS) is 9.87. The van der Waals surface area contributed by atoms with Crippen LogP contribution in [0.15, 0.2) is 23.1 Å². The number of methoxy groups -OCH3 is 1. The van der Waals surface area contributed by atoms with Gasteiger partial charge in [-0.25, -0.2) is 0 Å².